The first-order valence-corrected chi connectivity index (χ1v) is 9.58. The largest absolute Gasteiger partial charge is 0.493 e. The lowest BCUT2D eigenvalue weighted by Crippen LogP contribution is -2.02. The standard InChI is InChI=1S/C24H27NO4/c1-16(2)14-25-15-17(19-8-6-7-9-20(19)25)10-11-21(26)18-12-22(27-3)24(29-5)23(13-18)28-4/h6-13,15-16H,14H2,1-5H3/b11-10+. The Morgan fingerprint density at radius 1 is 1.03 bits per heavy atom. The first-order valence-electron chi connectivity index (χ1n) is 9.58. The van der Waals surface area contributed by atoms with Gasteiger partial charge in [-0.25, -0.2) is 0 Å². The summed E-state index contributed by atoms with van der Waals surface area (Å²) in [5.41, 5.74) is 2.66. The molecule has 0 radical (unpaired) electrons. The van der Waals surface area contributed by atoms with Crippen molar-refractivity contribution in [3.8, 4) is 17.2 Å². The van der Waals surface area contributed by atoms with E-state index in [2.05, 4.69) is 36.7 Å². The maximum absolute atomic E-state index is 12.8. The number of aromatic nitrogens is 1. The van der Waals surface area contributed by atoms with Crippen LogP contribution in [0.3, 0.4) is 0 Å². The van der Waals surface area contributed by atoms with Crippen LogP contribution in [0.5, 0.6) is 17.2 Å². The summed E-state index contributed by atoms with van der Waals surface area (Å²) in [4.78, 5) is 12.8. The number of ether oxygens (including phenoxy) is 3. The van der Waals surface area contributed by atoms with Crippen LogP contribution < -0.4 is 14.2 Å². The fourth-order valence-electron chi connectivity index (χ4n) is 3.44. The summed E-state index contributed by atoms with van der Waals surface area (Å²) in [6, 6.07) is 11.6. The topological polar surface area (TPSA) is 49.7 Å². The van der Waals surface area contributed by atoms with Crippen LogP contribution in [-0.2, 0) is 6.54 Å². The van der Waals surface area contributed by atoms with Crippen molar-refractivity contribution in [2.75, 3.05) is 21.3 Å². The molecule has 0 bridgehead atoms. The van der Waals surface area contributed by atoms with Gasteiger partial charge in [-0.1, -0.05) is 32.0 Å². The average Bonchev–Trinajstić information content (AvgIpc) is 3.07. The Labute approximate surface area is 171 Å². The van der Waals surface area contributed by atoms with Crippen molar-refractivity contribution in [3.63, 3.8) is 0 Å². The van der Waals surface area contributed by atoms with Crippen LogP contribution in [0.1, 0.15) is 29.8 Å². The zero-order chi connectivity index (χ0) is 21.0. The Balaban J connectivity index is 1.95. The lowest BCUT2D eigenvalue weighted by molar-refractivity contribution is 0.104. The third-order valence-electron chi connectivity index (χ3n) is 4.74. The zero-order valence-electron chi connectivity index (χ0n) is 17.6. The SMILES string of the molecule is COc1cc(C(=O)/C=C/c2cn(CC(C)C)c3ccccc23)cc(OC)c1OC. The summed E-state index contributed by atoms with van der Waals surface area (Å²) < 4.78 is 18.3. The third-order valence-corrected chi connectivity index (χ3v) is 4.74. The van der Waals surface area contributed by atoms with Crippen molar-refractivity contribution in [1.82, 2.24) is 4.57 Å². The van der Waals surface area contributed by atoms with Crippen molar-refractivity contribution in [2.45, 2.75) is 20.4 Å². The van der Waals surface area contributed by atoms with E-state index in [1.54, 1.807) is 18.2 Å². The van der Waals surface area contributed by atoms with Gasteiger partial charge < -0.3 is 18.8 Å². The molecule has 0 unspecified atom stereocenters. The molecule has 1 heterocycles. The summed E-state index contributed by atoms with van der Waals surface area (Å²) in [6.45, 7) is 5.31. The normalized spacial score (nSPS) is 11.4. The number of carbonyl (C=O) groups excluding carboxylic acids is 1. The second kappa shape index (κ2) is 8.86. The highest BCUT2D eigenvalue weighted by Crippen LogP contribution is 2.38. The fraction of sp³-hybridized carbons (Fsp3) is 0.292. The number of methoxy groups -OCH3 is 3. The molecule has 5 heteroatoms. The zero-order valence-corrected chi connectivity index (χ0v) is 17.6. The molecular weight excluding hydrogens is 366 g/mol. The van der Waals surface area contributed by atoms with Gasteiger partial charge in [-0.15, -0.1) is 0 Å². The minimum atomic E-state index is -0.134. The van der Waals surface area contributed by atoms with Crippen molar-refractivity contribution in [3.05, 3.63) is 59.8 Å². The molecule has 0 spiro atoms. The lowest BCUT2D eigenvalue weighted by Gasteiger charge is -2.13. The number of fused-ring (bicyclic) bond motifs is 1. The van der Waals surface area contributed by atoms with E-state index in [0.29, 0.717) is 28.7 Å². The molecule has 0 aliphatic rings. The van der Waals surface area contributed by atoms with Crippen LogP contribution in [0.4, 0.5) is 0 Å². The van der Waals surface area contributed by atoms with Crippen molar-refractivity contribution >= 4 is 22.8 Å². The number of rotatable bonds is 8. The molecule has 0 N–H and O–H groups in total. The van der Waals surface area contributed by atoms with Crippen LogP contribution in [0.15, 0.2) is 48.7 Å². The van der Waals surface area contributed by atoms with Crippen LogP contribution in [0.2, 0.25) is 0 Å². The van der Waals surface area contributed by atoms with Crippen molar-refractivity contribution in [2.24, 2.45) is 5.92 Å². The minimum absolute atomic E-state index is 0.134. The second-order valence-electron chi connectivity index (χ2n) is 7.26. The van der Waals surface area contributed by atoms with Gasteiger partial charge in [0, 0.05) is 34.8 Å². The Morgan fingerprint density at radius 3 is 2.28 bits per heavy atom. The molecule has 29 heavy (non-hydrogen) atoms. The number of para-hydroxylation sites is 1. The molecule has 2 aromatic carbocycles. The van der Waals surface area contributed by atoms with Gasteiger partial charge in [-0.3, -0.25) is 4.79 Å². The fourth-order valence-corrected chi connectivity index (χ4v) is 3.44. The monoisotopic (exact) mass is 393 g/mol. The van der Waals surface area contributed by atoms with Gasteiger partial charge in [0.05, 0.1) is 21.3 Å². The number of carbonyl (C=O) groups is 1. The molecule has 3 rings (SSSR count). The number of hydrogen-bond donors (Lipinski definition) is 0. The molecular formula is C24H27NO4. The Kier molecular flexibility index (Phi) is 6.27. The summed E-state index contributed by atoms with van der Waals surface area (Å²) in [7, 11) is 4.60. The van der Waals surface area contributed by atoms with Gasteiger partial charge in [0.25, 0.3) is 0 Å². The van der Waals surface area contributed by atoms with E-state index in [1.165, 1.54) is 26.8 Å². The highest BCUT2D eigenvalue weighted by atomic mass is 16.5. The number of hydrogen-bond acceptors (Lipinski definition) is 4. The number of ketones is 1. The Hall–Kier alpha value is -3.21. The summed E-state index contributed by atoms with van der Waals surface area (Å²) in [5, 5.41) is 1.13. The van der Waals surface area contributed by atoms with Gasteiger partial charge in [-0.05, 0) is 36.3 Å². The quantitative estimate of drug-likeness (QED) is 0.389. The molecule has 0 aliphatic heterocycles. The van der Waals surface area contributed by atoms with Crippen molar-refractivity contribution in [1.29, 1.82) is 0 Å². The molecule has 152 valence electrons. The number of allylic oxidation sites excluding steroid dienone is 1. The molecule has 3 aromatic rings. The van der Waals surface area contributed by atoms with Gasteiger partial charge in [0.15, 0.2) is 17.3 Å². The highest BCUT2D eigenvalue weighted by molar-refractivity contribution is 6.08. The van der Waals surface area contributed by atoms with Gasteiger partial charge >= 0.3 is 0 Å². The molecule has 0 atom stereocenters. The van der Waals surface area contributed by atoms with Crippen LogP contribution in [0.25, 0.3) is 17.0 Å². The van der Waals surface area contributed by atoms with E-state index in [-0.39, 0.29) is 5.78 Å². The van der Waals surface area contributed by atoms with Crippen molar-refractivity contribution < 1.29 is 19.0 Å². The molecule has 0 saturated carbocycles. The summed E-state index contributed by atoms with van der Waals surface area (Å²) >= 11 is 0. The van der Waals surface area contributed by atoms with E-state index in [9.17, 15) is 4.79 Å². The Morgan fingerprint density at radius 2 is 1.69 bits per heavy atom. The molecule has 0 saturated heterocycles. The molecule has 0 fully saturated rings. The first kappa shape index (κ1) is 20.5. The predicted octanol–water partition coefficient (Wildman–Crippen LogP) is 5.22. The number of benzene rings is 2. The highest BCUT2D eigenvalue weighted by Gasteiger charge is 2.16. The molecule has 1 aromatic heterocycles. The summed E-state index contributed by atoms with van der Waals surface area (Å²) in [6.07, 6.45) is 5.55. The van der Waals surface area contributed by atoms with Crippen LogP contribution >= 0.6 is 0 Å². The van der Waals surface area contributed by atoms with Crippen LogP contribution in [0, 0.1) is 5.92 Å². The Bertz CT molecular complexity index is 1020. The maximum atomic E-state index is 12.8. The maximum Gasteiger partial charge on any atom is 0.203 e. The van der Waals surface area contributed by atoms with E-state index in [0.717, 1.165) is 17.5 Å². The van der Waals surface area contributed by atoms with E-state index < -0.39 is 0 Å². The third kappa shape index (κ3) is 4.29. The second-order valence-corrected chi connectivity index (χ2v) is 7.26. The first-order chi connectivity index (χ1) is 14.0. The van der Waals surface area contributed by atoms with E-state index in [4.69, 9.17) is 14.2 Å². The average molecular weight is 393 g/mol. The molecule has 0 aliphatic carbocycles. The minimum Gasteiger partial charge on any atom is -0.493 e. The number of nitrogens with zero attached hydrogens (tertiary/aromatic N) is 1. The lowest BCUT2D eigenvalue weighted by atomic mass is 10.1. The van der Waals surface area contributed by atoms with E-state index in [1.807, 2.05) is 18.2 Å². The smallest absolute Gasteiger partial charge is 0.203 e. The van der Waals surface area contributed by atoms with E-state index >= 15 is 0 Å². The van der Waals surface area contributed by atoms with Gasteiger partial charge in [-0.2, -0.15) is 0 Å². The molecule has 5 nitrogen and oxygen atoms in total. The summed E-state index contributed by atoms with van der Waals surface area (Å²) in [5.74, 6) is 1.77. The molecule has 0 amide bonds. The predicted molar refractivity (Wildman–Crippen MR) is 116 cm³/mol. The van der Waals surface area contributed by atoms with Gasteiger partial charge in [0.2, 0.25) is 5.75 Å². The van der Waals surface area contributed by atoms with Crippen LogP contribution in [-0.4, -0.2) is 31.7 Å². The van der Waals surface area contributed by atoms with Gasteiger partial charge in [0.1, 0.15) is 0 Å².